The first-order valence-electron chi connectivity index (χ1n) is 9.64. The van der Waals surface area contributed by atoms with E-state index < -0.39 is 0 Å². The molecule has 0 saturated carbocycles. The smallest absolute Gasteiger partial charge is 0.185 e. The number of thiazole rings is 1. The summed E-state index contributed by atoms with van der Waals surface area (Å²) in [6, 6.07) is 2.50. The first kappa shape index (κ1) is 23.6. The quantitative estimate of drug-likeness (QED) is 0.642. The van der Waals surface area contributed by atoms with Gasteiger partial charge in [0.05, 0.1) is 5.69 Å². The van der Waals surface area contributed by atoms with E-state index in [1.807, 2.05) is 44.6 Å². The molecule has 1 atom stereocenters. The Morgan fingerprint density at radius 3 is 2.12 bits per heavy atom. The molecule has 3 rings (SSSR count). The number of anilines is 1. The van der Waals surface area contributed by atoms with Crippen molar-refractivity contribution >= 4 is 16.5 Å². The summed E-state index contributed by atoms with van der Waals surface area (Å²) >= 11 is 1.76. The van der Waals surface area contributed by atoms with Crippen molar-refractivity contribution in [2.24, 2.45) is 5.92 Å². The van der Waals surface area contributed by atoms with Crippen LogP contribution in [0.25, 0.3) is 0 Å². The molecule has 25 heavy (non-hydrogen) atoms. The molecule has 5 heteroatoms. The van der Waals surface area contributed by atoms with E-state index in [9.17, 15) is 0 Å². The van der Waals surface area contributed by atoms with Crippen molar-refractivity contribution in [3.63, 3.8) is 0 Å². The fourth-order valence-corrected chi connectivity index (χ4v) is 3.36. The normalized spacial score (nSPS) is 15.6. The van der Waals surface area contributed by atoms with Crippen LogP contribution in [0.15, 0.2) is 17.6 Å². The Morgan fingerprint density at radius 1 is 1.16 bits per heavy atom. The maximum atomic E-state index is 4.47. The largest absolute Gasteiger partial charge is 0.348 e. The molecule has 1 unspecified atom stereocenters. The van der Waals surface area contributed by atoms with Crippen LogP contribution in [-0.4, -0.2) is 27.9 Å². The van der Waals surface area contributed by atoms with E-state index in [1.165, 1.54) is 30.3 Å². The van der Waals surface area contributed by atoms with Gasteiger partial charge in [-0.15, -0.1) is 11.3 Å². The topological polar surface area (TPSA) is 34.0 Å². The van der Waals surface area contributed by atoms with Gasteiger partial charge in [0.25, 0.3) is 0 Å². The Morgan fingerprint density at radius 2 is 1.80 bits per heavy atom. The fraction of sp³-hybridized carbons (Fsp3) is 0.700. The van der Waals surface area contributed by atoms with Crippen LogP contribution in [0.4, 0.5) is 5.13 Å². The van der Waals surface area contributed by atoms with Crippen molar-refractivity contribution in [1.82, 2.24) is 14.8 Å². The Hall–Kier alpha value is -1.36. The van der Waals surface area contributed by atoms with Gasteiger partial charge in [0, 0.05) is 36.4 Å². The maximum absolute atomic E-state index is 4.47. The number of nitrogens with zero attached hydrogens (tertiary/aromatic N) is 4. The highest BCUT2D eigenvalue weighted by Gasteiger charge is 2.20. The molecule has 0 bridgehead atoms. The van der Waals surface area contributed by atoms with Gasteiger partial charge in [-0.25, -0.2) is 4.98 Å². The molecule has 1 fully saturated rings. The Balaban J connectivity index is 0.000000396. The van der Waals surface area contributed by atoms with Gasteiger partial charge in [-0.1, -0.05) is 34.6 Å². The third kappa shape index (κ3) is 8.04. The molecular formula is C20H38N4S. The first-order chi connectivity index (χ1) is 12.0. The van der Waals surface area contributed by atoms with Crippen molar-refractivity contribution in [1.29, 1.82) is 0 Å². The summed E-state index contributed by atoms with van der Waals surface area (Å²) in [6.45, 7) is 21.0. The van der Waals surface area contributed by atoms with Gasteiger partial charge in [-0.2, -0.15) is 5.10 Å². The van der Waals surface area contributed by atoms with E-state index in [0.717, 1.165) is 11.6 Å². The van der Waals surface area contributed by atoms with E-state index in [0.29, 0.717) is 6.04 Å². The predicted molar refractivity (Wildman–Crippen MR) is 113 cm³/mol. The molecule has 1 aliphatic heterocycles. The maximum Gasteiger partial charge on any atom is 0.185 e. The van der Waals surface area contributed by atoms with E-state index in [4.69, 9.17) is 0 Å². The Kier molecular flexibility index (Phi) is 12.2. The summed E-state index contributed by atoms with van der Waals surface area (Å²) in [7, 11) is 0. The summed E-state index contributed by atoms with van der Waals surface area (Å²) < 4.78 is 2.00. The Bertz CT molecular complexity index is 560. The number of aryl methyl sites for hydroxylation is 2. The zero-order chi connectivity index (χ0) is 19.4. The molecule has 0 amide bonds. The standard InChI is InChI=1S/C9H14N2S.C7H12N2.2C2H6/c1-7-3-4-11(5-7)9-10-8(2)6-12-9;1-6(2)9-7(3)4-5-8-9;2*1-2/h6-7H,3-5H2,1-2H3;4-6H,1-3H3;2*1-2H3. The minimum Gasteiger partial charge on any atom is -0.348 e. The Labute approximate surface area is 159 Å². The van der Waals surface area contributed by atoms with Crippen LogP contribution in [0, 0.1) is 19.8 Å². The molecule has 144 valence electrons. The highest BCUT2D eigenvalue weighted by molar-refractivity contribution is 7.13. The third-order valence-electron chi connectivity index (χ3n) is 3.66. The van der Waals surface area contributed by atoms with Gasteiger partial charge in [0.1, 0.15) is 0 Å². The summed E-state index contributed by atoms with van der Waals surface area (Å²) in [4.78, 5) is 6.86. The summed E-state index contributed by atoms with van der Waals surface area (Å²) in [5.41, 5.74) is 2.37. The van der Waals surface area contributed by atoms with Gasteiger partial charge < -0.3 is 4.90 Å². The van der Waals surface area contributed by atoms with Gasteiger partial charge in [-0.05, 0) is 46.1 Å². The number of hydrogen-bond acceptors (Lipinski definition) is 4. The number of aromatic nitrogens is 3. The van der Waals surface area contributed by atoms with Crippen LogP contribution in [0.2, 0.25) is 0 Å². The summed E-state index contributed by atoms with van der Waals surface area (Å²) in [6.07, 6.45) is 3.15. The van der Waals surface area contributed by atoms with Crippen molar-refractivity contribution < 1.29 is 0 Å². The lowest BCUT2D eigenvalue weighted by Gasteiger charge is -2.13. The van der Waals surface area contributed by atoms with Gasteiger partial charge in [0.15, 0.2) is 5.13 Å². The van der Waals surface area contributed by atoms with Crippen LogP contribution < -0.4 is 4.90 Å². The van der Waals surface area contributed by atoms with Gasteiger partial charge in [-0.3, -0.25) is 4.68 Å². The molecule has 2 aromatic rings. The molecule has 0 spiro atoms. The molecular weight excluding hydrogens is 328 g/mol. The van der Waals surface area contributed by atoms with E-state index in [1.54, 1.807) is 11.3 Å². The lowest BCUT2D eigenvalue weighted by atomic mass is 10.2. The molecule has 1 saturated heterocycles. The minimum atomic E-state index is 0.486. The van der Waals surface area contributed by atoms with E-state index >= 15 is 0 Å². The van der Waals surface area contributed by atoms with Crippen molar-refractivity contribution in [2.45, 2.75) is 74.8 Å². The number of hydrogen-bond donors (Lipinski definition) is 0. The summed E-state index contributed by atoms with van der Waals surface area (Å²) in [5, 5.41) is 7.46. The van der Waals surface area contributed by atoms with Crippen LogP contribution in [0.1, 0.15) is 72.3 Å². The van der Waals surface area contributed by atoms with Crippen LogP contribution in [0.5, 0.6) is 0 Å². The van der Waals surface area contributed by atoms with Crippen LogP contribution in [-0.2, 0) is 0 Å². The molecule has 0 N–H and O–H groups in total. The van der Waals surface area contributed by atoms with E-state index in [2.05, 4.69) is 55.0 Å². The second kappa shape index (κ2) is 12.9. The third-order valence-corrected chi connectivity index (χ3v) is 4.68. The highest BCUT2D eigenvalue weighted by Crippen LogP contribution is 2.26. The fourth-order valence-electron chi connectivity index (χ4n) is 2.52. The molecule has 0 aliphatic carbocycles. The van der Waals surface area contributed by atoms with Crippen molar-refractivity contribution in [3.8, 4) is 0 Å². The monoisotopic (exact) mass is 366 g/mol. The average Bonchev–Trinajstić information content (AvgIpc) is 3.33. The zero-order valence-corrected chi connectivity index (χ0v) is 18.5. The second-order valence-corrected chi connectivity index (χ2v) is 6.96. The molecule has 0 aromatic carbocycles. The molecule has 1 aliphatic rings. The first-order valence-corrected chi connectivity index (χ1v) is 10.5. The number of rotatable bonds is 2. The van der Waals surface area contributed by atoms with E-state index in [-0.39, 0.29) is 0 Å². The van der Waals surface area contributed by atoms with Crippen LogP contribution >= 0.6 is 11.3 Å². The SMILES string of the molecule is CC.CC.Cc1ccnn1C(C)C.Cc1csc(N2CCC(C)C2)n1. The molecule has 3 heterocycles. The molecule has 2 aromatic heterocycles. The van der Waals surface area contributed by atoms with Gasteiger partial charge >= 0.3 is 0 Å². The predicted octanol–water partition coefficient (Wildman–Crippen LogP) is 6.12. The highest BCUT2D eigenvalue weighted by atomic mass is 32.1. The molecule has 4 nitrogen and oxygen atoms in total. The lowest BCUT2D eigenvalue weighted by molar-refractivity contribution is 0.519. The van der Waals surface area contributed by atoms with Crippen molar-refractivity contribution in [3.05, 3.63) is 29.0 Å². The average molecular weight is 367 g/mol. The van der Waals surface area contributed by atoms with Crippen LogP contribution in [0.3, 0.4) is 0 Å². The van der Waals surface area contributed by atoms with Gasteiger partial charge in [0.2, 0.25) is 0 Å². The zero-order valence-electron chi connectivity index (χ0n) is 17.7. The lowest BCUT2D eigenvalue weighted by Crippen LogP contribution is -2.18. The second-order valence-electron chi connectivity index (χ2n) is 6.12. The summed E-state index contributed by atoms with van der Waals surface area (Å²) in [5.74, 6) is 0.842. The minimum absolute atomic E-state index is 0.486. The molecule has 0 radical (unpaired) electrons. The van der Waals surface area contributed by atoms with Crippen molar-refractivity contribution in [2.75, 3.05) is 18.0 Å².